The lowest BCUT2D eigenvalue weighted by Crippen LogP contribution is -2.30. The number of aldehydes is 1. The van der Waals surface area contributed by atoms with Crippen molar-refractivity contribution in [2.45, 2.75) is 6.92 Å². The third-order valence-corrected chi connectivity index (χ3v) is 1.05. The van der Waals surface area contributed by atoms with Crippen molar-refractivity contribution in [2.24, 2.45) is 5.92 Å². The van der Waals surface area contributed by atoms with Crippen molar-refractivity contribution >= 4 is 23.8 Å². The number of ketones is 2. The summed E-state index contributed by atoms with van der Waals surface area (Å²) in [7, 11) is 0. The van der Waals surface area contributed by atoms with Crippen LogP contribution in [0, 0.1) is 5.92 Å². The Morgan fingerprint density at radius 1 is 1.36 bits per heavy atom. The number of carboxylic acids is 1. The summed E-state index contributed by atoms with van der Waals surface area (Å²) in [6, 6.07) is 0. The van der Waals surface area contributed by atoms with Gasteiger partial charge in [-0.05, 0) is 6.92 Å². The summed E-state index contributed by atoms with van der Waals surface area (Å²) in [5, 5.41) is 8.24. The maximum atomic E-state index is 10.4. The van der Waals surface area contributed by atoms with Crippen LogP contribution < -0.4 is 0 Å². The predicted octanol–water partition coefficient (Wildman–Crippen LogP) is -0.956. The molecule has 0 rings (SSSR count). The van der Waals surface area contributed by atoms with Crippen molar-refractivity contribution in [1.29, 1.82) is 0 Å². The maximum absolute atomic E-state index is 10.4. The summed E-state index contributed by atoms with van der Waals surface area (Å²) < 4.78 is 0. The normalized spacial score (nSPS) is 11.7. The van der Waals surface area contributed by atoms with Crippen LogP contribution in [0.4, 0.5) is 0 Å². The van der Waals surface area contributed by atoms with E-state index in [1.807, 2.05) is 0 Å². The van der Waals surface area contributed by atoms with Gasteiger partial charge < -0.3 is 5.11 Å². The quantitative estimate of drug-likeness (QED) is 0.323. The van der Waals surface area contributed by atoms with Crippen molar-refractivity contribution in [3.8, 4) is 0 Å². The lowest BCUT2D eigenvalue weighted by molar-refractivity contribution is -0.151. The zero-order chi connectivity index (χ0) is 9.02. The molecule has 0 aliphatic heterocycles. The van der Waals surface area contributed by atoms with Gasteiger partial charge in [0, 0.05) is 0 Å². The molecule has 0 aliphatic carbocycles. The molecule has 1 atom stereocenters. The Kier molecular flexibility index (Phi) is 3.10. The predicted molar refractivity (Wildman–Crippen MR) is 32.9 cm³/mol. The van der Waals surface area contributed by atoms with Gasteiger partial charge >= 0.3 is 5.97 Å². The monoisotopic (exact) mass is 158 g/mol. The molecule has 1 N–H and O–H groups in total. The third kappa shape index (κ3) is 2.29. The Balaban J connectivity index is 4.60. The van der Waals surface area contributed by atoms with Gasteiger partial charge in [0.25, 0.3) is 0 Å². The number of hydrogen-bond donors (Lipinski definition) is 1. The Morgan fingerprint density at radius 3 is 1.91 bits per heavy atom. The van der Waals surface area contributed by atoms with Gasteiger partial charge in [-0.25, -0.2) is 0 Å². The average Bonchev–Trinajstić information content (AvgIpc) is 1.85. The van der Waals surface area contributed by atoms with Crippen LogP contribution in [0.1, 0.15) is 6.92 Å². The summed E-state index contributed by atoms with van der Waals surface area (Å²) in [6.45, 7) is 0.945. The van der Waals surface area contributed by atoms with Crippen LogP contribution in [0.15, 0.2) is 0 Å². The molecule has 60 valence electrons. The van der Waals surface area contributed by atoms with Crippen molar-refractivity contribution < 1.29 is 24.3 Å². The summed E-state index contributed by atoms with van der Waals surface area (Å²) >= 11 is 0. The zero-order valence-electron chi connectivity index (χ0n) is 5.73. The van der Waals surface area contributed by atoms with Gasteiger partial charge in [-0.2, -0.15) is 0 Å². The zero-order valence-corrected chi connectivity index (χ0v) is 5.73. The van der Waals surface area contributed by atoms with E-state index in [0.717, 1.165) is 6.92 Å². The Labute approximate surface area is 62.0 Å². The first-order chi connectivity index (χ1) is 5.00. The van der Waals surface area contributed by atoms with E-state index < -0.39 is 23.5 Å². The fourth-order valence-corrected chi connectivity index (χ4v) is 0.564. The lowest BCUT2D eigenvalue weighted by Gasteiger charge is -2.00. The molecule has 11 heavy (non-hydrogen) atoms. The molecule has 0 fully saturated rings. The molecule has 0 heterocycles. The first kappa shape index (κ1) is 9.48. The van der Waals surface area contributed by atoms with Crippen molar-refractivity contribution in [2.75, 3.05) is 0 Å². The van der Waals surface area contributed by atoms with Gasteiger partial charge in [-0.3, -0.25) is 19.2 Å². The number of carbonyl (C=O) groups is 4. The molecule has 0 saturated heterocycles. The van der Waals surface area contributed by atoms with Crippen LogP contribution >= 0.6 is 0 Å². The molecule has 5 nitrogen and oxygen atoms in total. The largest absolute Gasteiger partial charge is 0.480 e. The van der Waals surface area contributed by atoms with Gasteiger partial charge in [0.2, 0.25) is 5.78 Å². The van der Waals surface area contributed by atoms with E-state index in [1.165, 1.54) is 0 Å². The van der Waals surface area contributed by atoms with Gasteiger partial charge in [0.15, 0.2) is 18.0 Å². The van der Waals surface area contributed by atoms with E-state index in [0.29, 0.717) is 0 Å². The molecule has 0 bridgehead atoms. The van der Waals surface area contributed by atoms with E-state index in [-0.39, 0.29) is 6.29 Å². The summed E-state index contributed by atoms with van der Waals surface area (Å²) in [4.78, 5) is 40.8. The van der Waals surface area contributed by atoms with E-state index in [1.54, 1.807) is 0 Å². The van der Waals surface area contributed by atoms with Gasteiger partial charge in [0.05, 0.1) is 0 Å². The van der Waals surface area contributed by atoms with Crippen LogP contribution in [0.25, 0.3) is 0 Å². The molecule has 0 spiro atoms. The molecule has 0 aliphatic rings. The van der Waals surface area contributed by atoms with Crippen molar-refractivity contribution in [3.05, 3.63) is 0 Å². The van der Waals surface area contributed by atoms with E-state index >= 15 is 0 Å². The van der Waals surface area contributed by atoms with E-state index in [9.17, 15) is 19.2 Å². The van der Waals surface area contributed by atoms with Crippen LogP contribution in [-0.2, 0) is 19.2 Å². The molecule has 0 saturated carbocycles. The summed E-state index contributed by atoms with van der Waals surface area (Å²) in [5.74, 6) is -5.47. The number of aliphatic carboxylic acids is 1. The SMILES string of the molecule is CC(=O)C(C(=O)O)C(=O)C=O. The second-order valence-electron chi connectivity index (χ2n) is 1.90. The Morgan fingerprint density at radius 2 is 1.82 bits per heavy atom. The van der Waals surface area contributed by atoms with Crippen LogP contribution in [-0.4, -0.2) is 28.9 Å². The molecule has 0 aromatic carbocycles. The highest BCUT2D eigenvalue weighted by atomic mass is 16.4. The first-order valence-corrected chi connectivity index (χ1v) is 2.73. The molecule has 5 heteroatoms. The highest BCUT2D eigenvalue weighted by Crippen LogP contribution is 1.98. The molecule has 0 aromatic heterocycles. The third-order valence-electron chi connectivity index (χ3n) is 1.05. The minimum atomic E-state index is -1.83. The maximum Gasteiger partial charge on any atom is 0.322 e. The van der Waals surface area contributed by atoms with E-state index in [4.69, 9.17) is 5.11 Å². The number of carboxylic acid groups (broad SMARTS) is 1. The topological polar surface area (TPSA) is 88.5 Å². The highest BCUT2D eigenvalue weighted by Gasteiger charge is 2.29. The van der Waals surface area contributed by atoms with Gasteiger partial charge in [-0.15, -0.1) is 0 Å². The van der Waals surface area contributed by atoms with Gasteiger partial charge in [0.1, 0.15) is 0 Å². The second-order valence-corrected chi connectivity index (χ2v) is 1.90. The molecular formula is C6H6O5. The van der Waals surface area contributed by atoms with Crippen molar-refractivity contribution in [3.63, 3.8) is 0 Å². The fourth-order valence-electron chi connectivity index (χ4n) is 0.564. The summed E-state index contributed by atoms with van der Waals surface area (Å²) in [6.07, 6.45) is -0.166. The van der Waals surface area contributed by atoms with Crippen LogP contribution in [0.5, 0.6) is 0 Å². The number of Topliss-reactive ketones (excluding diaryl/α,β-unsaturated/α-hetero) is 2. The lowest BCUT2D eigenvalue weighted by atomic mass is 10.0. The molecule has 1 unspecified atom stereocenters. The van der Waals surface area contributed by atoms with Crippen LogP contribution in [0.3, 0.4) is 0 Å². The Bertz CT molecular complexity index is 203. The number of rotatable bonds is 4. The molecule has 0 aromatic rings. The van der Waals surface area contributed by atoms with Gasteiger partial charge in [-0.1, -0.05) is 0 Å². The number of carbonyl (C=O) groups excluding carboxylic acids is 3. The van der Waals surface area contributed by atoms with E-state index in [2.05, 4.69) is 0 Å². The fraction of sp³-hybridized carbons (Fsp3) is 0.333. The smallest absolute Gasteiger partial charge is 0.322 e. The van der Waals surface area contributed by atoms with Crippen molar-refractivity contribution in [1.82, 2.24) is 0 Å². The minimum absolute atomic E-state index is 0.166. The van der Waals surface area contributed by atoms with Crippen LogP contribution in [0.2, 0.25) is 0 Å². The standard InChI is InChI=1S/C6H6O5/c1-3(8)5(6(10)11)4(9)2-7/h2,5H,1H3,(H,10,11). The summed E-state index contributed by atoms with van der Waals surface area (Å²) in [5.41, 5.74) is 0. The number of hydrogen-bond acceptors (Lipinski definition) is 4. The second kappa shape index (κ2) is 3.60. The molecular weight excluding hydrogens is 152 g/mol. The first-order valence-electron chi connectivity index (χ1n) is 2.73. The minimum Gasteiger partial charge on any atom is -0.480 e. The molecule has 0 amide bonds. The average molecular weight is 158 g/mol. The Hall–Kier alpha value is -1.52. The molecule has 0 radical (unpaired) electrons. The highest BCUT2D eigenvalue weighted by molar-refractivity contribution is 6.36.